The average molecular weight is 355 g/mol. The highest BCUT2D eigenvalue weighted by Crippen LogP contribution is 2.32. The van der Waals surface area contributed by atoms with E-state index in [2.05, 4.69) is 23.3 Å². The molecule has 2 aliphatic heterocycles. The number of benzene rings is 1. The van der Waals surface area contributed by atoms with Crippen LogP contribution in [-0.2, 0) is 4.79 Å². The second kappa shape index (κ2) is 7.34. The number of amides is 3. The van der Waals surface area contributed by atoms with Crippen LogP contribution in [-0.4, -0.2) is 72.5 Å². The molecule has 1 aromatic rings. The van der Waals surface area contributed by atoms with E-state index in [0.29, 0.717) is 37.3 Å². The fraction of sp³-hybridized carbons (Fsp3) is 0.526. The average Bonchev–Trinajstić information content (AvgIpc) is 2.79. The second-order valence-corrected chi connectivity index (χ2v) is 7.26. The number of anilines is 1. The smallest absolute Gasteiger partial charge is 0.321 e. The lowest BCUT2D eigenvalue weighted by molar-refractivity contribution is -0.129. The molecule has 0 aliphatic carbocycles. The second-order valence-electron chi connectivity index (χ2n) is 7.26. The van der Waals surface area contributed by atoms with Crippen LogP contribution in [0.3, 0.4) is 0 Å². The first-order valence-electron chi connectivity index (χ1n) is 8.95. The third-order valence-corrected chi connectivity index (χ3v) is 5.67. The molecule has 138 valence electrons. The molecule has 0 aromatic heterocycles. The summed E-state index contributed by atoms with van der Waals surface area (Å²) in [5, 5.41) is 11.9. The van der Waals surface area contributed by atoms with E-state index in [1.54, 1.807) is 29.2 Å². The number of nitrogens with one attached hydrogen (secondary N) is 1. The summed E-state index contributed by atoms with van der Waals surface area (Å²) in [7, 11) is 3.93. The molecule has 26 heavy (non-hydrogen) atoms. The Hall–Kier alpha value is -2.59. The Morgan fingerprint density at radius 3 is 2.81 bits per heavy atom. The van der Waals surface area contributed by atoms with Crippen LogP contribution < -0.4 is 5.32 Å². The molecule has 2 fully saturated rings. The number of urea groups is 1. The Balaban J connectivity index is 1.72. The van der Waals surface area contributed by atoms with Crippen molar-refractivity contribution in [3.63, 3.8) is 0 Å². The third-order valence-electron chi connectivity index (χ3n) is 5.67. The monoisotopic (exact) mass is 355 g/mol. The molecule has 1 aromatic carbocycles. The first kappa shape index (κ1) is 18.2. The van der Waals surface area contributed by atoms with E-state index in [-0.39, 0.29) is 17.5 Å². The molecule has 3 amide bonds. The van der Waals surface area contributed by atoms with Gasteiger partial charge in [0.25, 0.3) is 0 Å². The molecular formula is C19H25N5O2. The summed E-state index contributed by atoms with van der Waals surface area (Å²) in [6, 6.07) is 8.84. The van der Waals surface area contributed by atoms with E-state index in [4.69, 9.17) is 5.26 Å². The highest BCUT2D eigenvalue weighted by molar-refractivity contribution is 5.89. The molecule has 1 atom stereocenters. The maximum absolute atomic E-state index is 12.8. The zero-order valence-electron chi connectivity index (χ0n) is 15.4. The van der Waals surface area contributed by atoms with Crippen LogP contribution in [0.25, 0.3) is 0 Å². The van der Waals surface area contributed by atoms with Crippen molar-refractivity contribution in [2.24, 2.45) is 0 Å². The largest absolute Gasteiger partial charge is 0.346 e. The number of likely N-dealkylation sites (N-methyl/N-ethyl adjacent to an activating group) is 1. The van der Waals surface area contributed by atoms with E-state index >= 15 is 0 Å². The third kappa shape index (κ3) is 3.65. The zero-order chi connectivity index (χ0) is 18.7. The number of rotatable bonds is 1. The van der Waals surface area contributed by atoms with Crippen LogP contribution >= 0.6 is 0 Å². The highest BCUT2D eigenvalue weighted by atomic mass is 16.2. The fourth-order valence-corrected chi connectivity index (χ4v) is 3.80. The van der Waals surface area contributed by atoms with E-state index in [1.165, 1.54) is 0 Å². The summed E-state index contributed by atoms with van der Waals surface area (Å²) < 4.78 is 0. The number of carbonyl (C=O) groups excluding carboxylic acids is 2. The normalized spacial score (nSPS) is 24.3. The summed E-state index contributed by atoms with van der Waals surface area (Å²) in [6.45, 7) is 2.74. The Morgan fingerprint density at radius 2 is 2.04 bits per heavy atom. The minimum Gasteiger partial charge on any atom is -0.346 e. The number of piperazine rings is 1. The van der Waals surface area contributed by atoms with Crippen LogP contribution in [0, 0.1) is 11.3 Å². The fourth-order valence-electron chi connectivity index (χ4n) is 3.80. The molecule has 1 N–H and O–H groups in total. The molecule has 7 heteroatoms. The molecule has 0 bridgehead atoms. The quantitative estimate of drug-likeness (QED) is 0.832. The van der Waals surface area contributed by atoms with Gasteiger partial charge in [0.2, 0.25) is 5.91 Å². The molecule has 2 heterocycles. The van der Waals surface area contributed by atoms with Crippen LogP contribution in [0.2, 0.25) is 0 Å². The number of hydrogen-bond acceptors (Lipinski definition) is 4. The minimum absolute atomic E-state index is 0.156. The van der Waals surface area contributed by atoms with Crippen molar-refractivity contribution in [2.75, 3.05) is 45.6 Å². The van der Waals surface area contributed by atoms with Crippen LogP contribution in [0.15, 0.2) is 24.3 Å². The standard InChI is InChI=1S/C19H25N5O2/c1-22-9-8-19(7-6-17(22)25)14-24(11-10-23(19)2)18(26)21-16-5-3-4-15(12-16)13-20/h3-5,12H,6-11,14H2,1-2H3,(H,21,26)/t19-/m0/s1. The molecule has 0 unspecified atom stereocenters. The molecular weight excluding hydrogens is 330 g/mol. The van der Waals surface area contributed by atoms with Gasteiger partial charge in [-0.1, -0.05) is 6.07 Å². The predicted molar refractivity (Wildman–Crippen MR) is 98.6 cm³/mol. The Labute approximate surface area is 154 Å². The highest BCUT2D eigenvalue weighted by Gasteiger charge is 2.42. The maximum Gasteiger partial charge on any atom is 0.321 e. The predicted octanol–water partition coefficient (Wildman–Crippen LogP) is 1.72. The number of carbonyl (C=O) groups is 2. The summed E-state index contributed by atoms with van der Waals surface area (Å²) in [6.07, 6.45) is 2.14. The van der Waals surface area contributed by atoms with Gasteiger partial charge >= 0.3 is 6.03 Å². The molecule has 0 saturated carbocycles. The number of likely N-dealkylation sites (tertiary alicyclic amines) is 1. The number of nitriles is 1. The summed E-state index contributed by atoms with van der Waals surface area (Å²) in [5.41, 5.74) is 0.977. The van der Waals surface area contributed by atoms with Gasteiger partial charge in [-0.25, -0.2) is 4.79 Å². The van der Waals surface area contributed by atoms with Gasteiger partial charge in [-0.15, -0.1) is 0 Å². The van der Waals surface area contributed by atoms with Crippen molar-refractivity contribution in [1.29, 1.82) is 5.26 Å². The van der Waals surface area contributed by atoms with E-state index in [9.17, 15) is 9.59 Å². The summed E-state index contributed by atoms with van der Waals surface area (Å²) in [5.74, 6) is 0.171. The van der Waals surface area contributed by atoms with Crippen LogP contribution in [0.1, 0.15) is 24.8 Å². The van der Waals surface area contributed by atoms with Gasteiger partial charge in [-0.2, -0.15) is 5.26 Å². The lowest BCUT2D eigenvalue weighted by atomic mass is 9.86. The Bertz CT molecular complexity index is 744. The summed E-state index contributed by atoms with van der Waals surface area (Å²) in [4.78, 5) is 30.7. The number of hydrogen-bond donors (Lipinski definition) is 1. The zero-order valence-corrected chi connectivity index (χ0v) is 15.4. The van der Waals surface area contributed by atoms with Gasteiger partial charge in [0.1, 0.15) is 0 Å². The number of nitrogens with zero attached hydrogens (tertiary/aromatic N) is 4. The van der Waals surface area contributed by atoms with Crippen molar-refractivity contribution >= 4 is 17.6 Å². The van der Waals surface area contributed by atoms with Crippen LogP contribution in [0.4, 0.5) is 10.5 Å². The van der Waals surface area contributed by atoms with Gasteiger partial charge < -0.3 is 15.1 Å². The van der Waals surface area contributed by atoms with Crippen molar-refractivity contribution in [3.8, 4) is 6.07 Å². The molecule has 7 nitrogen and oxygen atoms in total. The minimum atomic E-state index is -0.162. The van der Waals surface area contributed by atoms with Gasteiger partial charge in [-0.05, 0) is 38.1 Å². The van der Waals surface area contributed by atoms with Gasteiger partial charge in [-0.3, -0.25) is 9.69 Å². The van der Waals surface area contributed by atoms with Crippen LogP contribution in [0.5, 0.6) is 0 Å². The lowest BCUT2D eigenvalue weighted by Gasteiger charge is -2.49. The van der Waals surface area contributed by atoms with E-state index in [1.807, 2.05) is 11.9 Å². The molecule has 3 rings (SSSR count). The molecule has 2 saturated heterocycles. The Morgan fingerprint density at radius 1 is 1.23 bits per heavy atom. The first-order valence-corrected chi connectivity index (χ1v) is 8.95. The van der Waals surface area contributed by atoms with Gasteiger partial charge in [0.15, 0.2) is 0 Å². The molecule has 0 radical (unpaired) electrons. The van der Waals surface area contributed by atoms with Crippen molar-refractivity contribution < 1.29 is 9.59 Å². The van der Waals surface area contributed by atoms with Crippen molar-refractivity contribution in [2.45, 2.75) is 24.8 Å². The molecule has 2 aliphatic rings. The SMILES string of the molecule is CN1CC[C@@]2(CCC1=O)CN(C(=O)Nc1cccc(C#N)c1)CCN2C. The van der Waals surface area contributed by atoms with Gasteiger partial charge in [0.05, 0.1) is 11.6 Å². The van der Waals surface area contributed by atoms with Crippen molar-refractivity contribution in [3.05, 3.63) is 29.8 Å². The van der Waals surface area contributed by atoms with Crippen molar-refractivity contribution in [1.82, 2.24) is 14.7 Å². The van der Waals surface area contributed by atoms with E-state index < -0.39 is 0 Å². The van der Waals surface area contributed by atoms with E-state index in [0.717, 1.165) is 19.4 Å². The lowest BCUT2D eigenvalue weighted by Crippen LogP contribution is -2.62. The maximum atomic E-state index is 12.8. The topological polar surface area (TPSA) is 79.7 Å². The molecule has 1 spiro atoms. The van der Waals surface area contributed by atoms with Gasteiger partial charge in [0, 0.05) is 50.9 Å². The Kier molecular flexibility index (Phi) is 5.14. The summed E-state index contributed by atoms with van der Waals surface area (Å²) >= 11 is 0. The first-order chi connectivity index (χ1) is 12.4.